The first-order valence-corrected chi connectivity index (χ1v) is 7.82. The summed E-state index contributed by atoms with van der Waals surface area (Å²) in [5.41, 5.74) is 7.42. The molecule has 0 saturated heterocycles. The highest BCUT2D eigenvalue weighted by Crippen LogP contribution is 2.35. The molecule has 0 spiro atoms. The zero-order valence-corrected chi connectivity index (χ0v) is 14.5. The van der Waals surface area contributed by atoms with Crippen molar-refractivity contribution in [1.82, 2.24) is 0 Å². The molecule has 6 heteroatoms. The van der Waals surface area contributed by atoms with Gasteiger partial charge in [0, 0.05) is 17.2 Å². The maximum atomic E-state index is 10.5. The molecule has 26 heavy (non-hydrogen) atoms. The number of nitrogen functional groups attached to an aromatic ring is 1. The number of aliphatic hydroxyl groups excluding tert-OH is 1. The molecule has 6 nitrogen and oxygen atoms in total. The number of allylic oxidation sites excluding steroid dienone is 1. The van der Waals surface area contributed by atoms with E-state index in [0.29, 0.717) is 28.3 Å². The summed E-state index contributed by atoms with van der Waals surface area (Å²) in [6, 6.07) is 15.7. The first-order chi connectivity index (χ1) is 12.5. The van der Waals surface area contributed by atoms with Gasteiger partial charge in [-0.15, -0.1) is 0 Å². The van der Waals surface area contributed by atoms with Crippen molar-refractivity contribution < 1.29 is 14.6 Å². The third-order valence-electron chi connectivity index (χ3n) is 3.97. The molecular formula is C20H19N3O3. The van der Waals surface area contributed by atoms with Gasteiger partial charge in [-0.25, -0.2) is 0 Å². The topological polar surface area (TPSA) is 112 Å². The Morgan fingerprint density at radius 1 is 1.04 bits per heavy atom. The molecular weight excluding hydrogens is 330 g/mol. The van der Waals surface area contributed by atoms with Crippen LogP contribution in [0.3, 0.4) is 0 Å². The highest BCUT2D eigenvalue weighted by Gasteiger charge is 2.23. The van der Waals surface area contributed by atoms with E-state index in [1.54, 1.807) is 42.5 Å². The fraction of sp³-hybridized carbons (Fsp3) is 0.200. The van der Waals surface area contributed by atoms with Crippen LogP contribution in [0, 0.1) is 28.6 Å². The van der Waals surface area contributed by atoms with E-state index in [1.165, 1.54) is 20.3 Å². The number of aliphatic hydroxyl groups is 1. The molecule has 2 aromatic carbocycles. The molecule has 132 valence electrons. The molecule has 2 aromatic rings. The Hall–Kier alpha value is -3.64. The first-order valence-electron chi connectivity index (χ1n) is 7.82. The summed E-state index contributed by atoms with van der Waals surface area (Å²) in [6.07, 6.45) is 1.49. The zero-order valence-electron chi connectivity index (χ0n) is 14.5. The minimum Gasteiger partial charge on any atom is -0.508 e. The number of methoxy groups -OCH3 is 2. The zero-order chi connectivity index (χ0) is 19.1. The molecule has 0 saturated carbocycles. The normalized spacial score (nSPS) is 12.1. The second kappa shape index (κ2) is 8.46. The minimum absolute atomic E-state index is 0.0414. The largest absolute Gasteiger partial charge is 0.508 e. The lowest BCUT2D eigenvalue weighted by Crippen LogP contribution is -2.09. The highest BCUT2D eigenvalue weighted by molar-refractivity contribution is 5.62. The van der Waals surface area contributed by atoms with E-state index in [2.05, 4.69) is 0 Å². The van der Waals surface area contributed by atoms with Crippen LogP contribution < -0.4 is 15.2 Å². The summed E-state index contributed by atoms with van der Waals surface area (Å²) in [4.78, 5) is 0. The summed E-state index contributed by atoms with van der Waals surface area (Å²) in [5.74, 6) is -0.663. The summed E-state index contributed by atoms with van der Waals surface area (Å²) in [7, 11) is 3.03. The van der Waals surface area contributed by atoms with E-state index in [4.69, 9.17) is 15.2 Å². The van der Waals surface area contributed by atoms with Gasteiger partial charge in [-0.1, -0.05) is 6.07 Å². The Bertz CT molecular complexity index is 863. The lowest BCUT2D eigenvalue weighted by atomic mass is 9.86. The first kappa shape index (κ1) is 18.7. The van der Waals surface area contributed by atoms with Crippen molar-refractivity contribution in [3.05, 3.63) is 59.7 Å². The van der Waals surface area contributed by atoms with Gasteiger partial charge < -0.3 is 20.3 Å². The maximum absolute atomic E-state index is 10.5. The van der Waals surface area contributed by atoms with Gasteiger partial charge in [0.25, 0.3) is 0 Å². The molecule has 0 aromatic heterocycles. The number of benzene rings is 2. The van der Waals surface area contributed by atoms with Gasteiger partial charge in [0.05, 0.1) is 26.4 Å². The second-order valence-electron chi connectivity index (χ2n) is 5.55. The van der Waals surface area contributed by atoms with Crippen LogP contribution in [0.4, 0.5) is 5.69 Å². The van der Waals surface area contributed by atoms with Crippen molar-refractivity contribution in [2.75, 3.05) is 20.0 Å². The van der Waals surface area contributed by atoms with E-state index < -0.39 is 11.8 Å². The van der Waals surface area contributed by atoms with E-state index in [-0.39, 0.29) is 5.76 Å². The van der Waals surface area contributed by atoms with Gasteiger partial charge in [0.1, 0.15) is 11.7 Å². The molecule has 0 amide bonds. The number of rotatable bonds is 6. The van der Waals surface area contributed by atoms with Crippen LogP contribution in [0.1, 0.15) is 17.0 Å². The predicted octanol–water partition coefficient (Wildman–Crippen LogP) is 3.63. The van der Waals surface area contributed by atoms with Gasteiger partial charge in [0.15, 0.2) is 11.5 Å². The molecule has 0 aliphatic heterocycles. The SMILES string of the molecule is COc1ccc([C@@H](/C=C(\O)c2ccc(N)cc2)C(C#N)C#N)cc1OC. The monoisotopic (exact) mass is 349 g/mol. The summed E-state index contributed by atoms with van der Waals surface area (Å²) >= 11 is 0. The summed E-state index contributed by atoms with van der Waals surface area (Å²) in [6.45, 7) is 0. The van der Waals surface area contributed by atoms with Crippen LogP contribution in [-0.4, -0.2) is 19.3 Å². The number of nitrogens with two attached hydrogens (primary N) is 1. The highest BCUT2D eigenvalue weighted by atomic mass is 16.5. The minimum atomic E-state index is -0.982. The van der Waals surface area contributed by atoms with Crippen molar-refractivity contribution in [1.29, 1.82) is 10.5 Å². The number of nitrogens with zero attached hydrogens (tertiary/aromatic N) is 2. The Morgan fingerprint density at radius 3 is 2.19 bits per heavy atom. The van der Waals surface area contributed by atoms with Gasteiger partial charge >= 0.3 is 0 Å². The molecule has 0 aliphatic rings. The Balaban J connectivity index is 2.51. The van der Waals surface area contributed by atoms with Crippen molar-refractivity contribution >= 4 is 11.4 Å². The van der Waals surface area contributed by atoms with Crippen LogP contribution >= 0.6 is 0 Å². The Labute approximate surface area is 152 Å². The average Bonchev–Trinajstić information content (AvgIpc) is 2.67. The van der Waals surface area contributed by atoms with E-state index >= 15 is 0 Å². The number of hydrogen-bond donors (Lipinski definition) is 2. The van der Waals surface area contributed by atoms with Crippen LogP contribution in [0.25, 0.3) is 5.76 Å². The van der Waals surface area contributed by atoms with Crippen molar-refractivity contribution in [3.63, 3.8) is 0 Å². The van der Waals surface area contributed by atoms with Crippen molar-refractivity contribution in [2.45, 2.75) is 5.92 Å². The molecule has 2 rings (SSSR count). The van der Waals surface area contributed by atoms with Gasteiger partial charge in [-0.05, 0) is 48.0 Å². The molecule has 0 unspecified atom stereocenters. The fourth-order valence-corrected chi connectivity index (χ4v) is 2.55. The lowest BCUT2D eigenvalue weighted by Gasteiger charge is -2.17. The molecule has 0 bridgehead atoms. The fourth-order valence-electron chi connectivity index (χ4n) is 2.55. The van der Waals surface area contributed by atoms with Crippen molar-refractivity contribution in [3.8, 4) is 23.6 Å². The number of anilines is 1. The number of hydrogen-bond acceptors (Lipinski definition) is 6. The second-order valence-corrected chi connectivity index (χ2v) is 5.55. The Kier molecular flexibility index (Phi) is 6.08. The third-order valence-corrected chi connectivity index (χ3v) is 3.97. The van der Waals surface area contributed by atoms with Gasteiger partial charge in [-0.3, -0.25) is 0 Å². The van der Waals surface area contributed by atoms with E-state index in [0.717, 1.165) is 0 Å². The van der Waals surface area contributed by atoms with Crippen LogP contribution in [0.2, 0.25) is 0 Å². The Morgan fingerprint density at radius 2 is 1.65 bits per heavy atom. The lowest BCUT2D eigenvalue weighted by molar-refractivity contribution is 0.354. The molecule has 0 aliphatic carbocycles. The summed E-state index contributed by atoms with van der Waals surface area (Å²) in [5, 5.41) is 29.2. The molecule has 1 atom stereocenters. The number of nitriles is 2. The molecule has 0 radical (unpaired) electrons. The van der Waals surface area contributed by atoms with Gasteiger partial charge in [-0.2, -0.15) is 10.5 Å². The third kappa shape index (κ3) is 4.06. The van der Waals surface area contributed by atoms with Gasteiger partial charge in [0.2, 0.25) is 0 Å². The maximum Gasteiger partial charge on any atom is 0.161 e. The molecule has 0 fully saturated rings. The average molecular weight is 349 g/mol. The standard InChI is InChI=1S/C20H19N3O3/c1-25-19-8-5-14(9-20(19)26-2)17(15(11-21)12-22)10-18(24)13-3-6-16(23)7-4-13/h3-10,15,17,24H,23H2,1-2H3/b18-10-/t17-/m1/s1. The van der Waals surface area contributed by atoms with Crippen LogP contribution in [-0.2, 0) is 0 Å². The van der Waals surface area contributed by atoms with Crippen LogP contribution in [0.5, 0.6) is 11.5 Å². The van der Waals surface area contributed by atoms with Crippen LogP contribution in [0.15, 0.2) is 48.5 Å². The molecule has 0 heterocycles. The van der Waals surface area contributed by atoms with Crippen molar-refractivity contribution in [2.24, 2.45) is 5.92 Å². The van der Waals surface area contributed by atoms with E-state index in [1.807, 2.05) is 12.1 Å². The predicted molar refractivity (Wildman–Crippen MR) is 98.5 cm³/mol. The summed E-state index contributed by atoms with van der Waals surface area (Å²) < 4.78 is 10.5. The smallest absolute Gasteiger partial charge is 0.161 e. The molecule has 3 N–H and O–H groups in total. The number of ether oxygens (including phenoxy) is 2. The quantitative estimate of drug-likeness (QED) is 0.608. The van der Waals surface area contributed by atoms with E-state index in [9.17, 15) is 15.6 Å².